The second-order valence-corrected chi connectivity index (χ2v) is 9.21. The number of aliphatic hydroxyl groups is 1. The van der Waals surface area contributed by atoms with Gasteiger partial charge in [0, 0.05) is 12.0 Å². The summed E-state index contributed by atoms with van der Waals surface area (Å²) in [5, 5.41) is 19.4. The van der Waals surface area contributed by atoms with Crippen LogP contribution in [0.25, 0.3) is 0 Å². The number of carboxylic acid groups (broad SMARTS) is 1. The summed E-state index contributed by atoms with van der Waals surface area (Å²) in [6, 6.07) is 0. The molecule has 1 saturated heterocycles. The molecule has 2 N–H and O–H groups in total. The number of aliphatic carboxylic acids is 1. The Hall–Kier alpha value is -0.870. The maximum Gasteiger partial charge on any atom is 0.306 e. The van der Waals surface area contributed by atoms with Crippen molar-refractivity contribution in [2.24, 2.45) is 16.7 Å². The summed E-state index contributed by atoms with van der Waals surface area (Å²) in [6.45, 7) is 8.85. The molecule has 0 unspecified atom stereocenters. The monoisotopic (exact) mass is 336 g/mol. The van der Waals surface area contributed by atoms with Gasteiger partial charge in [-0.15, -0.1) is 0 Å². The Labute approximate surface area is 145 Å². The lowest BCUT2D eigenvalue weighted by Gasteiger charge is -2.61. The Bertz CT molecular complexity index is 570. The zero-order valence-electron chi connectivity index (χ0n) is 15.5. The fourth-order valence-corrected chi connectivity index (χ4v) is 6.19. The van der Waals surface area contributed by atoms with Crippen molar-refractivity contribution in [3.8, 4) is 0 Å². The number of hydrogen-bond acceptors (Lipinski definition) is 3. The number of hydrogen-bond donors (Lipinski definition) is 2. The first-order valence-corrected chi connectivity index (χ1v) is 9.31. The van der Waals surface area contributed by atoms with Crippen LogP contribution in [0.4, 0.5) is 0 Å². The van der Waals surface area contributed by atoms with Gasteiger partial charge in [0.1, 0.15) is 0 Å². The predicted octanol–water partition coefficient (Wildman–Crippen LogP) is 3.92. The molecule has 0 aromatic rings. The van der Waals surface area contributed by atoms with Gasteiger partial charge in [-0.1, -0.05) is 26.3 Å². The molecule has 1 spiro atoms. The second kappa shape index (κ2) is 5.57. The van der Waals surface area contributed by atoms with Crippen LogP contribution >= 0.6 is 0 Å². The number of aliphatic hydroxyl groups excluding tert-OH is 1. The van der Waals surface area contributed by atoms with Gasteiger partial charge in [0.05, 0.1) is 17.6 Å². The minimum absolute atomic E-state index is 0.0438. The number of fused-ring (bicyclic) bond motifs is 2. The molecule has 3 aliphatic rings. The van der Waals surface area contributed by atoms with Crippen molar-refractivity contribution in [2.45, 2.75) is 83.8 Å². The summed E-state index contributed by atoms with van der Waals surface area (Å²) < 4.78 is 6.68. The van der Waals surface area contributed by atoms with Crippen LogP contribution in [0.2, 0.25) is 0 Å². The minimum Gasteiger partial charge on any atom is -0.481 e. The van der Waals surface area contributed by atoms with E-state index in [-0.39, 0.29) is 29.5 Å². The van der Waals surface area contributed by atoms with Gasteiger partial charge in [0.15, 0.2) is 0 Å². The van der Waals surface area contributed by atoms with E-state index >= 15 is 0 Å². The van der Waals surface area contributed by atoms with Crippen molar-refractivity contribution in [1.29, 1.82) is 0 Å². The van der Waals surface area contributed by atoms with Gasteiger partial charge in [-0.25, -0.2) is 0 Å². The van der Waals surface area contributed by atoms with Crippen molar-refractivity contribution < 1.29 is 19.7 Å². The molecule has 0 radical (unpaired) electrons. The molecule has 4 heteroatoms. The Morgan fingerprint density at radius 2 is 1.96 bits per heavy atom. The molecular formula is C20H32O4. The largest absolute Gasteiger partial charge is 0.481 e. The van der Waals surface area contributed by atoms with Crippen molar-refractivity contribution in [3.05, 3.63) is 11.6 Å². The van der Waals surface area contributed by atoms with E-state index in [0.717, 1.165) is 38.5 Å². The molecular weight excluding hydrogens is 304 g/mol. The van der Waals surface area contributed by atoms with E-state index in [9.17, 15) is 15.0 Å². The molecule has 1 saturated carbocycles. The van der Waals surface area contributed by atoms with Crippen molar-refractivity contribution >= 4 is 5.97 Å². The molecule has 3 rings (SSSR count). The Morgan fingerprint density at radius 3 is 2.58 bits per heavy atom. The number of carboxylic acids is 1. The number of allylic oxidation sites excluding steroid dienone is 1. The highest BCUT2D eigenvalue weighted by Gasteiger charge is 2.65. The van der Waals surface area contributed by atoms with Crippen molar-refractivity contribution in [2.75, 3.05) is 6.61 Å². The summed E-state index contributed by atoms with van der Waals surface area (Å²) in [5.74, 6) is -0.419. The van der Waals surface area contributed by atoms with E-state index in [2.05, 4.69) is 26.8 Å². The topological polar surface area (TPSA) is 66.8 Å². The van der Waals surface area contributed by atoms with Crippen molar-refractivity contribution in [1.82, 2.24) is 0 Å². The number of carbonyl (C=O) groups is 1. The van der Waals surface area contributed by atoms with E-state index in [1.165, 1.54) is 5.57 Å². The molecule has 24 heavy (non-hydrogen) atoms. The molecule has 0 aromatic heterocycles. The van der Waals surface area contributed by atoms with Crippen LogP contribution in [-0.4, -0.2) is 34.0 Å². The quantitative estimate of drug-likeness (QED) is 0.767. The van der Waals surface area contributed by atoms with E-state index in [0.29, 0.717) is 5.92 Å². The normalized spacial score (nSPS) is 48.2. The third kappa shape index (κ3) is 2.37. The first kappa shape index (κ1) is 17.9. The summed E-state index contributed by atoms with van der Waals surface area (Å²) in [6.07, 6.45) is 8.23. The van der Waals surface area contributed by atoms with Gasteiger partial charge in [0.2, 0.25) is 0 Å². The zero-order valence-corrected chi connectivity index (χ0v) is 15.5. The standard InChI is InChI=1S/C20H32O4/c1-14-6-7-15-17(2,13-21)8-5-9-19(15,4)20(14)11-10-18(3,24-20)12-16(22)23/h6,15,21H,5,7-13H2,1-4H3,(H,22,23)/t15-,17-,18-,19+,20-/m1/s1. The Balaban J connectivity index is 2.02. The molecule has 0 amide bonds. The van der Waals surface area contributed by atoms with Gasteiger partial charge in [-0.3, -0.25) is 4.79 Å². The van der Waals surface area contributed by atoms with Gasteiger partial charge in [-0.2, -0.15) is 0 Å². The highest BCUT2D eigenvalue weighted by molar-refractivity contribution is 5.68. The van der Waals surface area contributed by atoms with Crippen LogP contribution in [-0.2, 0) is 9.53 Å². The van der Waals surface area contributed by atoms with E-state index < -0.39 is 11.6 Å². The average molecular weight is 336 g/mol. The van der Waals surface area contributed by atoms with E-state index in [4.69, 9.17) is 4.74 Å². The van der Waals surface area contributed by atoms with Crippen LogP contribution in [0.5, 0.6) is 0 Å². The summed E-state index contributed by atoms with van der Waals surface area (Å²) in [4.78, 5) is 11.3. The first-order valence-electron chi connectivity index (χ1n) is 9.31. The fraction of sp³-hybridized carbons (Fsp3) is 0.850. The molecule has 4 nitrogen and oxygen atoms in total. The summed E-state index contributed by atoms with van der Waals surface area (Å²) in [7, 11) is 0. The third-order valence-corrected chi connectivity index (χ3v) is 7.59. The van der Waals surface area contributed by atoms with E-state index in [1.54, 1.807) is 0 Å². The lowest BCUT2D eigenvalue weighted by molar-refractivity contribution is -0.198. The van der Waals surface area contributed by atoms with Gasteiger partial charge >= 0.3 is 5.97 Å². The molecule has 2 aliphatic carbocycles. The van der Waals surface area contributed by atoms with Crippen LogP contribution in [0.15, 0.2) is 11.6 Å². The maximum absolute atomic E-state index is 11.3. The molecule has 136 valence electrons. The first-order chi connectivity index (χ1) is 11.1. The van der Waals surface area contributed by atoms with Gasteiger partial charge < -0.3 is 14.9 Å². The smallest absolute Gasteiger partial charge is 0.306 e. The maximum atomic E-state index is 11.3. The van der Waals surface area contributed by atoms with Crippen LogP contribution in [0.1, 0.15) is 72.6 Å². The fourth-order valence-electron chi connectivity index (χ4n) is 6.19. The highest BCUT2D eigenvalue weighted by Crippen LogP contribution is 2.66. The predicted molar refractivity (Wildman–Crippen MR) is 92.7 cm³/mol. The van der Waals surface area contributed by atoms with Gasteiger partial charge in [0.25, 0.3) is 0 Å². The molecule has 1 heterocycles. The lowest BCUT2D eigenvalue weighted by Crippen LogP contribution is -2.60. The number of ether oxygens (including phenoxy) is 1. The van der Waals surface area contributed by atoms with Crippen molar-refractivity contribution in [3.63, 3.8) is 0 Å². The van der Waals surface area contributed by atoms with Crippen LogP contribution in [0, 0.1) is 16.7 Å². The molecule has 2 fully saturated rings. The highest BCUT2D eigenvalue weighted by atomic mass is 16.5. The van der Waals surface area contributed by atoms with Crippen LogP contribution < -0.4 is 0 Å². The number of rotatable bonds is 3. The summed E-state index contributed by atoms with van der Waals surface area (Å²) in [5.41, 5.74) is 0.164. The molecule has 0 aromatic carbocycles. The molecule has 5 atom stereocenters. The van der Waals surface area contributed by atoms with E-state index in [1.807, 2.05) is 6.92 Å². The van der Waals surface area contributed by atoms with Crippen LogP contribution in [0.3, 0.4) is 0 Å². The lowest BCUT2D eigenvalue weighted by atomic mass is 9.46. The molecule has 1 aliphatic heterocycles. The second-order valence-electron chi connectivity index (χ2n) is 9.21. The molecule has 0 bridgehead atoms. The summed E-state index contributed by atoms with van der Waals surface area (Å²) >= 11 is 0. The zero-order chi connectivity index (χ0) is 17.8. The minimum atomic E-state index is -0.794. The SMILES string of the molecule is CC1=CC[C@@H]2[C@@](C)(CO)CCC[C@]2(C)[C@@]12CC[C@](C)(CC(=O)O)O2. The third-order valence-electron chi connectivity index (χ3n) is 7.59. The Morgan fingerprint density at radius 1 is 1.25 bits per heavy atom. The Kier molecular flexibility index (Phi) is 4.16. The van der Waals surface area contributed by atoms with Gasteiger partial charge in [-0.05, 0) is 62.9 Å². The average Bonchev–Trinajstić information content (AvgIpc) is 2.83.